The van der Waals surface area contributed by atoms with Crippen molar-refractivity contribution in [2.75, 3.05) is 19.6 Å². The summed E-state index contributed by atoms with van der Waals surface area (Å²) in [4.78, 5) is 45.3. The highest BCUT2D eigenvalue weighted by Gasteiger charge is 2.55. The molecule has 204 valence electrons. The Bertz CT molecular complexity index is 1130. The maximum Gasteiger partial charge on any atom is 0.408 e. The zero-order valence-corrected chi connectivity index (χ0v) is 22.2. The molecule has 1 N–H and O–H groups in total. The molecule has 4 aliphatic rings. The molecule has 3 heterocycles. The Morgan fingerprint density at radius 3 is 2.53 bits per heavy atom. The van der Waals surface area contributed by atoms with Gasteiger partial charge >= 0.3 is 6.09 Å². The smallest absolute Gasteiger partial charge is 0.408 e. The average Bonchev–Trinajstić information content (AvgIpc) is 3.29. The minimum Gasteiger partial charge on any atom is -0.444 e. The lowest BCUT2D eigenvalue weighted by atomic mass is 9.99. The summed E-state index contributed by atoms with van der Waals surface area (Å²) in [5.74, 6) is -0.233. The number of fused-ring (bicyclic) bond motifs is 2. The number of nitrogens with one attached hydrogen (secondary N) is 1. The molecule has 1 aliphatic carbocycles. The molecule has 1 aromatic carbocycles. The van der Waals surface area contributed by atoms with E-state index in [9.17, 15) is 24.0 Å². The summed E-state index contributed by atoms with van der Waals surface area (Å²) in [6.07, 6.45) is 3.37. The molecule has 5 rings (SSSR count). The van der Waals surface area contributed by atoms with Crippen molar-refractivity contribution in [3.05, 3.63) is 35.6 Å². The first-order valence-corrected chi connectivity index (χ1v) is 13.6. The highest BCUT2D eigenvalue weighted by atomic mass is 19.1. The van der Waals surface area contributed by atoms with Crippen molar-refractivity contribution >= 4 is 17.9 Å². The SMILES string of the molecule is CC(C)(C)OC(=O)N[C@@H](CN1C[C@H]2C[C@@H]1C(=O)N2[C@H](c1ccc(F)cc1)C1CC1)C(=O)N1CCC[C@H]1C#N. The number of carbonyl (C=O) groups excluding carboxylic acids is 3. The summed E-state index contributed by atoms with van der Waals surface area (Å²) >= 11 is 0. The van der Waals surface area contributed by atoms with E-state index in [1.165, 1.54) is 17.0 Å². The first kappa shape index (κ1) is 26.4. The van der Waals surface area contributed by atoms with Crippen LogP contribution in [0.5, 0.6) is 0 Å². The number of rotatable bonds is 7. The summed E-state index contributed by atoms with van der Waals surface area (Å²) in [5, 5.41) is 12.2. The van der Waals surface area contributed by atoms with E-state index < -0.39 is 23.8 Å². The fourth-order valence-electron chi connectivity index (χ4n) is 6.22. The van der Waals surface area contributed by atoms with E-state index in [2.05, 4.69) is 11.4 Å². The van der Waals surface area contributed by atoms with Crippen LogP contribution in [0, 0.1) is 23.1 Å². The van der Waals surface area contributed by atoms with Crippen LogP contribution < -0.4 is 5.32 Å². The number of hydrogen-bond donors (Lipinski definition) is 1. The standard InChI is InChI=1S/C28H36FN5O4/c1-28(2,3)38-27(37)31-22(25(35)33-12-4-5-20(33)14-30)16-32-15-21-13-23(32)26(36)34(21)24(17-6-7-17)18-8-10-19(29)11-9-18/h8-11,17,20-24H,4-7,12-13,15-16H2,1-3H3,(H,31,37)/t20-,21+,22-,23+,24-/m0/s1. The van der Waals surface area contributed by atoms with Gasteiger partial charge in [-0.2, -0.15) is 5.26 Å². The maximum absolute atomic E-state index is 13.7. The fraction of sp³-hybridized carbons (Fsp3) is 0.643. The minimum absolute atomic E-state index is 0.0147. The van der Waals surface area contributed by atoms with Crippen molar-refractivity contribution in [2.24, 2.45) is 5.92 Å². The van der Waals surface area contributed by atoms with Crippen LogP contribution in [0.1, 0.15) is 64.5 Å². The molecule has 1 saturated carbocycles. The molecule has 3 aliphatic heterocycles. The van der Waals surface area contributed by atoms with Crippen molar-refractivity contribution in [1.82, 2.24) is 20.0 Å². The largest absolute Gasteiger partial charge is 0.444 e. The molecular weight excluding hydrogens is 489 g/mol. The molecular formula is C28H36FN5O4. The Morgan fingerprint density at radius 1 is 1.21 bits per heavy atom. The summed E-state index contributed by atoms with van der Waals surface area (Å²) in [7, 11) is 0. The molecule has 0 aromatic heterocycles. The highest BCUT2D eigenvalue weighted by Crippen LogP contribution is 2.49. The second-order valence-electron chi connectivity index (χ2n) is 12.0. The van der Waals surface area contributed by atoms with Crippen LogP contribution in [-0.4, -0.2) is 82.0 Å². The minimum atomic E-state index is -0.935. The summed E-state index contributed by atoms with van der Waals surface area (Å²) in [5.41, 5.74) is 0.222. The molecule has 5 atom stereocenters. The summed E-state index contributed by atoms with van der Waals surface area (Å²) < 4.78 is 19.0. The Morgan fingerprint density at radius 2 is 1.92 bits per heavy atom. The predicted octanol–water partition coefficient (Wildman–Crippen LogP) is 2.97. The van der Waals surface area contributed by atoms with Gasteiger partial charge in [-0.15, -0.1) is 0 Å². The maximum atomic E-state index is 13.7. The summed E-state index contributed by atoms with van der Waals surface area (Å²) in [6.45, 7) is 6.46. The molecule has 9 nitrogen and oxygen atoms in total. The Hall–Kier alpha value is -3.19. The van der Waals surface area contributed by atoms with Gasteiger partial charge in [-0.3, -0.25) is 14.5 Å². The molecule has 2 bridgehead atoms. The van der Waals surface area contributed by atoms with Crippen LogP contribution in [0.15, 0.2) is 24.3 Å². The van der Waals surface area contributed by atoms with Gasteiger partial charge in [0, 0.05) is 25.7 Å². The van der Waals surface area contributed by atoms with E-state index in [0.29, 0.717) is 31.8 Å². The van der Waals surface area contributed by atoms with Gasteiger partial charge in [-0.05, 0) is 76.5 Å². The first-order chi connectivity index (χ1) is 18.1. The third-order valence-corrected chi connectivity index (χ3v) is 7.99. The zero-order valence-electron chi connectivity index (χ0n) is 22.2. The number of alkyl carbamates (subject to hydrolysis) is 1. The van der Waals surface area contributed by atoms with Crippen molar-refractivity contribution in [1.29, 1.82) is 5.26 Å². The second-order valence-corrected chi connectivity index (χ2v) is 12.0. The lowest BCUT2D eigenvalue weighted by molar-refractivity contribution is -0.142. The Labute approximate surface area is 222 Å². The number of amides is 3. The number of benzene rings is 1. The van der Waals surface area contributed by atoms with Gasteiger partial charge in [0.05, 0.1) is 18.2 Å². The molecule has 0 radical (unpaired) electrons. The number of piperazine rings is 1. The van der Waals surface area contributed by atoms with Gasteiger partial charge in [0.1, 0.15) is 23.5 Å². The average molecular weight is 526 g/mol. The van der Waals surface area contributed by atoms with E-state index >= 15 is 0 Å². The van der Waals surface area contributed by atoms with Gasteiger partial charge in [0.15, 0.2) is 0 Å². The molecule has 3 amide bonds. The van der Waals surface area contributed by atoms with E-state index in [1.807, 2.05) is 9.80 Å². The predicted molar refractivity (Wildman–Crippen MR) is 136 cm³/mol. The number of nitrogens with zero attached hydrogens (tertiary/aromatic N) is 4. The van der Waals surface area contributed by atoms with E-state index in [1.54, 1.807) is 32.9 Å². The van der Waals surface area contributed by atoms with Crippen molar-refractivity contribution in [3.63, 3.8) is 0 Å². The molecule has 1 aromatic rings. The Balaban J connectivity index is 1.32. The van der Waals surface area contributed by atoms with Crippen molar-refractivity contribution < 1.29 is 23.5 Å². The van der Waals surface area contributed by atoms with Gasteiger partial charge in [0.2, 0.25) is 11.8 Å². The fourth-order valence-corrected chi connectivity index (χ4v) is 6.22. The van der Waals surface area contributed by atoms with Crippen LogP contribution in [-0.2, 0) is 14.3 Å². The normalized spacial score (nSPS) is 26.8. The van der Waals surface area contributed by atoms with Crippen molar-refractivity contribution in [2.45, 2.75) is 88.7 Å². The molecule has 10 heteroatoms. The van der Waals surface area contributed by atoms with Crippen LogP contribution in [0.25, 0.3) is 0 Å². The van der Waals surface area contributed by atoms with E-state index in [4.69, 9.17) is 4.74 Å². The lowest BCUT2D eigenvalue weighted by Gasteiger charge is -2.40. The van der Waals surface area contributed by atoms with Crippen LogP contribution in [0.3, 0.4) is 0 Å². The van der Waals surface area contributed by atoms with E-state index in [0.717, 1.165) is 24.8 Å². The number of ether oxygens (including phenoxy) is 1. The summed E-state index contributed by atoms with van der Waals surface area (Å²) in [6, 6.07) is 6.70. The van der Waals surface area contributed by atoms with Crippen LogP contribution >= 0.6 is 0 Å². The number of carbonyl (C=O) groups is 3. The topological polar surface area (TPSA) is 106 Å². The quantitative estimate of drug-likeness (QED) is 0.587. The van der Waals surface area contributed by atoms with Gasteiger partial charge in [0.25, 0.3) is 0 Å². The number of nitriles is 1. The molecule has 0 spiro atoms. The number of hydrogen-bond acceptors (Lipinski definition) is 6. The molecule has 38 heavy (non-hydrogen) atoms. The van der Waals surface area contributed by atoms with Gasteiger partial charge in [-0.1, -0.05) is 12.1 Å². The van der Waals surface area contributed by atoms with E-state index in [-0.39, 0.29) is 42.3 Å². The third-order valence-electron chi connectivity index (χ3n) is 7.99. The van der Waals surface area contributed by atoms with Gasteiger partial charge in [-0.25, -0.2) is 9.18 Å². The highest BCUT2D eigenvalue weighted by molar-refractivity contribution is 5.88. The number of halogens is 1. The van der Waals surface area contributed by atoms with Crippen LogP contribution in [0.2, 0.25) is 0 Å². The van der Waals surface area contributed by atoms with Crippen LogP contribution in [0.4, 0.5) is 9.18 Å². The van der Waals surface area contributed by atoms with Crippen molar-refractivity contribution in [3.8, 4) is 6.07 Å². The molecule has 0 unspecified atom stereocenters. The zero-order chi connectivity index (χ0) is 27.2. The first-order valence-electron chi connectivity index (χ1n) is 13.6. The monoisotopic (exact) mass is 525 g/mol. The third kappa shape index (κ3) is 5.35. The molecule has 4 fully saturated rings. The lowest BCUT2D eigenvalue weighted by Crippen LogP contribution is -2.59. The number of likely N-dealkylation sites (tertiary alicyclic amines) is 3. The van der Waals surface area contributed by atoms with Gasteiger partial charge < -0.3 is 19.9 Å². The Kier molecular flexibility index (Phi) is 7.07. The second kappa shape index (κ2) is 10.2. The molecule has 3 saturated heterocycles.